The highest BCUT2D eigenvalue weighted by Crippen LogP contribution is 2.48. The van der Waals surface area contributed by atoms with E-state index >= 15 is 0 Å². The summed E-state index contributed by atoms with van der Waals surface area (Å²) in [4.78, 5) is 0. The molecule has 2 unspecified atom stereocenters. The molecule has 0 saturated heterocycles. The van der Waals surface area contributed by atoms with E-state index in [0.717, 1.165) is 29.9 Å². The van der Waals surface area contributed by atoms with Gasteiger partial charge in [0.05, 0.1) is 5.75 Å². The molecule has 1 aliphatic heterocycles. The molecule has 5 nitrogen and oxygen atoms in total. The van der Waals surface area contributed by atoms with Gasteiger partial charge in [-0.05, 0) is 63.3 Å². The normalized spacial score (nSPS) is 20.3. The summed E-state index contributed by atoms with van der Waals surface area (Å²) < 4.78 is 37.9. The zero-order valence-corrected chi connectivity index (χ0v) is 19.2. The quantitative estimate of drug-likeness (QED) is 0.593. The van der Waals surface area contributed by atoms with Gasteiger partial charge in [0.25, 0.3) is 0 Å². The molecule has 1 aliphatic rings. The first-order valence-corrected chi connectivity index (χ1v) is 12.4. The lowest BCUT2D eigenvalue weighted by Crippen LogP contribution is -2.44. The van der Waals surface area contributed by atoms with Crippen LogP contribution in [0.4, 0.5) is 0 Å². The van der Waals surface area contributed by atoms with Gasteiger partial charge in [-0.15, -0.1) is 0 Å². The van der Waals surface area contributed by atoms with Crippen molar-refractivity contribution in [3.05, 3.63) is 59.7 Å². The van der Waals surface area contributed by atoms with E-state index in [1.165, 1.54) is 5.56 Å². The highest BCUT2D eigenvalue weighted by molar-refractivity contribution is 7.89. The maximum Gasteiger partial charge on any atom is 0.211 e. The summed E-state index contributed by atoms with van der Waals surface area (Å²) >= 11 is 0. The first kappa shape index (κ1) is 22.6. The van der Waals surface area contributed by atoms with Crippen molar-refractivity contribution in [2.24, 2.45) is 5.92 Å². The minimum atomic E-state index is -3.21. The van der Waals surface area contributed by atoms with Gasteiger partial charge in [0.1, 0.15) is 23.7 Å². The summed E-state index contributed by atoms with van der Waals surface area (Å²) in [5, 5.41) is 0. The summed E-state index contributed by atoms with van der Waals surface area (Å²) in [5.41, 5.74) is 2.23. The second-order valence-electron chi connectivity index (χ2n) is 8.36. The van der Waals surface area contributed by atoms with Crippen LogP contribution in [-0.2, 0) is 16.4 Å². The maximum absolute atomic E-state index is 11.6. The summed E-state index contributed by atoms with van der Waals surface area (Å²) in [6.07, 6.45) is 1.96. The van der Waals surface area contributed by atoms with Crippen LogP contribution < -0.4 is 14.2 Å². The van der Waals surface area contributed by atoms with Gasteiger partial charge in [-0.1, -0.05) is 37.3 Å². The van der Waals surface area contributed by atoms with E-state index in [2.05, 4.69) is 55.8 Å². The zero-order valence-electron chi connectivity index (χ0n) is 18.4. The van der Waals surface area contributed by atoms with Crippen LogP contribution >= 0.6 is 0 Å². The van der Waals surface area contributed by atoms with E-state index in [4.69, 9.17) is 9.47 Å². The van der Waals surface area contributed by atoms with Gasteiger partial charge in [0, 0.05) is 18.0 Å². The lowest BCUT2D eigenvalue weighted by Gasteiger charge is -2.45. The van der Waals surface area contributed by atoms with Gasteiger partial charge in [0.15, 0.2) is 0 Å². The summed E-state index contributed by atoms with van der Waals surface area (Å²) in [6, 6.07) is 16.5. The van der Waals surface area contributed by atoms with Crippen molar-refractivity contribution in [2.75, 3.05) is 18.9 Å². The number of hydrogen-bond acceptors (Lipinski definition) is 4. The Hall–Kier alpha value is -2.05. The Morgan fingerprint density at radius 1 is 1.10 bits per heavy atom. The maximum atomic E-state index is 11.6. The van der Waals surface area contributed by atoms with Crippen molar-refractivity contribution in [2.45, 2.75) is 52.1 Å². The molecule has 164 valence electrons. The summed E-state index contributed by atoms with van der Waals surface area (Å²) in [6.45, 7) is 8.72. The Morgan fingerprint density at radius 3 is 2.50 bits per heavy atom. The van der Waals surface area contributed by atoms with Gasteiger partial charge in [0.2, 0.25) is 10.0 Å². The molecule has 30 heavy (non-hydrogen) atoms. The van der Waals surface area contributed by atoms with Crippen molar-refractivity contribution in [1.29, 1.82) is 0 Å². The van der Waals surface area contributed by atoms with Crippen molar-refractivity contribution >= 4 is 10.0 Å². The van der Waals surface area contributed by atoms with E-state index in [1.807, 2.05) is 18.2 Å². The van der Waals surface area contributed by atoms with Crippen molar-refractivity contribution in [3.63, 3.8) is 0 Å². The molecule has 0 spiro atoms. The standard InChI is InChI=1S/C24H33NO4S/c1-5-22-20(16-18-10-8-7-9-11-18)21-17-19(12-13-23(21)29-24(22,3)4)28-15-14-25-30(26,27)6-2/h7-13,17,20,22,25H,5-6,14-16H2,1-4H3. The van der Waals surface area contributed by atoms with Crippen LogP contribution in [0.25, 0.3) is 0 Å². The first-order chi connectivity index (χ1) is 14.3. The Morgan fingerprint density at radius 2 is 1.83 bits per heavy atom. The first-order valence-electron chi connectivity index (χ1n) is 10.7. The van der Waals surface area contributed by atoms with E-state index < -0.39 is 10.0 Å². The average Bonchev–Trinajstić information content (AvgIpc) is 2.72. The number of fused-ring (bicyclic) bond motifs is 1. The van der Waals surface area contributed by atoms with Crippen LogP contribution in [0.5, 0.6) is 11.5 Å². The van der Waals surface area contributed by atoms with Crippen LogP contribution in [0.2, 0.25) is 0 Å². The molecule has 2 aromatic carbocycles. The van der Waals surface area contributed by atoms with Crippen molar-refractivity contribution < 1.29 is 17.9 Å². The summed E-state index contributed by atoms with van der Waals surface area (Å²) in [5.74, 6) is 2.40. The number of nitrogens with one attached hydrogen (secondary N) is 1. The highest BCUT2D eigenvalue weighted by Gasteiger charge is 2.42. The van der Waals surface area contributed by atoms with Crippen molar-refractivity contribution in [3.8, 4) is 11.5 Å². The second kappa shape index (κ2) is 9.40. The number of hydrogen-bond donors (Lipinski definition) is 1. The van der Waals surface area contributed by atoms with Crippen LogP contribution in [-0.4, -0.2) is 32.9 Å². The van der Waals surface area contributed by atoms with Gasteiger partial charge in [-0.2, -0.15) is 0 Å². The van der Waals surface area contributed by atoms with Gasteiger partial charge >= 0.3 is 0 Å². The topological polar surface area (TPSA) is 64.6 Å². The number of rotatable bonds is 9. The fraction of sp³-hybridized carbons (Fsp3) is 0.500. The third kappa shape index (κ3) is 5.35. The third-order valence-electron chi connectivity index (χ3n) is 5.94. The van der Waals surface area contributed by atoms with Crippen LogP contribution in [0, 0.1) is 5.92 Å². The van der Waals surface area contributed by atoms with Crippen LogP contribution in [0.1, 0.15) is 51.2 Å². The van der Waals surface area contributed by atoms with Crippen LogP contribution in [0.3, 0.4) is 0 Å². The fourth-order valence-corrected chi connectivity index (χ4v) is 5.02. The smallest absolute Gasteiger partial charge is 0.211 e. The minimum Gasteiger partial charge on any atom is -0.492 e. The predicted octanol–water partition coefficient (Wildman–Crippen LogP) is 4.53. The van der Waals surface area contributed by atoms with E-state index in [-0.39, 0.29) is 24.5 Å². The largest absolute Gasteiger partial charge is 0.492 e. The van der Waals surface area contributed by atoms with Crippen molar-refractivity contribution in [1.82, 2.24) is 4.72 Å². The average molecular weight is 432 g/mol. The Labute approximate surface area is 180 Å². The molecule has 2 atom stereocenters. The molecule has 0 aliphatic carbocycles. The molecule has 6 heteroatoms. The van der Waals surface area contributed by atoms with Crippen LogP contribution in [0.15, 0.2) is 48.5 Å². The van der Waals surface area contributed by atoms with E-state index in [0.29, 0.717) is 11.8 Å². The molecule has 2 aromatic rings. The zero-order chi connectivity index (χ0) is 21.8. The SMILES string of the molecule is CCC1C(Cc2ccccc2)c2cc(OCCNS(=O)(=O)CC)ccc2OC1(C)C. The minimum absolute atomic E-state index is 0.0680. The van der Waals surface area contributed by atoms with Gasteiger partial charge in [-0.25, -0.2) is 13.1 Å². The molecule has 0 saturated carbocycles. The highest BCUT2D eigenvalue weighted by atomic mass is 32.2. The molecule has 1 N–H and O–H groups in total. The second-order valence-corrected chi connectivity index (χ2v) is 10.5. The van der Waals surface area contributed by atoms with E-state index in [1.54, 1.807) is 6.92 Å². The molecule has 0 bridgehead atoms. The van der Waals surface area contributed by atoms with E-state index in [9.17, 15) is 8.42 Å². The summed E-state index contributed by atoms with van der Waals surface area (Å²) in [7, 11) is -3.21. The molecule has 1 heterocycles. The molecule has 0 amide bonds. The fourth-order valence-electron chi connectivity index (χ4n) is 4.42. The lowest BCUT2D eigenvalue weighted by atomic mass is 9.70. The molecule has 0 aromatic heterocycles. The predicted molar refractivity (Wildman–Crippen MR) is 121 cm³/mol. The van der Waals surface area contributed by atoms with Gasteiger partial charge < -0.3 is 9.47 Å². The molecular weight excluding hydrogens is 398 g/mol. The number of ether oxygens (including phenoxy) is 2. The Kier molecular flexibility index (Phi) is 7.09. The Bertz CT molecular complexity index is 941. The van der Waals surface area contributed by atoms with Gasteiger partial charge in [-0.3, -0.25) is 0 Å². The Balaban J connectivity index is 1.82. The molecular formula is C24H33NO4S. The third-order valence-corrected chi connectivity index (χ3v) is 7.35. The number of sulfonamides is 1. The molecule has 0 radical (unpaired) electrons. The number of benzene rings is 2. The molecule has 3 rings (SSSR count). The monoisotopic (exact) mass is 431 g/mol. The lowest BCUT2D eigenvalue weighted by molar-refractivity contribution is 0.00786. The molecule has 0 fully saturated rings.